The van der Waals surface area contributed by atoms with Gasteiger partial charge in [-0.3, -0.25) is 9.59 Å². The van der Waals surface area contributed by atoms with Gasteiger partial charge in [-0.05, 0) is 12.8 Å². The third kappa shape index (κ3) is 4.84. The van der Waals surface area contributed by atoms with Crippen molar-refractivity contribution in [1.29, 1.82) is 0 Å². The molecule has 92 valence electrons. The number of amides is 1. The maximum Gasteiger partial charge on any atom is 0.307 e. The van der Waals surface area contributed by atoms with Crippen molar-refractivity contribution in [3.8, 4) is 0 Å². The monoisotopic (exact) mass is 247 g/mol. The van der Waals surface area contributed by atoms with Gasteiger partial charge in [-0.1, -0.05) is 24.4 Å². The topological polar surface area (TPSA) is 46.6 Å². The van der Waals surface area contributed by atoms with Gasteiger partial charge in [0, 0.05) is 19.5 Å². The van der Waals surface area contributed by atoms with Crippen molar-refractivity contribution in [1.82, 2.24) is 4.90 Å². The highest BCUT2D eigenvalue weighted by Crippen LogP contribution is 2.11. The van der Waals surface area contributed by atoms with Gasteiger partial charge in [-0.2, -0.15) is 0 Å². The second-order valence-corrected chi connectivity index (χ2v) is 4.14. The molecule has 1 aliphatic heterocycles. The van der Waals surface area contributed by atoms with Crippen LogP contribution in [0.1, 0.15) is 38.5 Å². The fourth-order valence-electron chi connectivity index (χ4n) is 1.82. The highest BCUT2D eigenvalue weighted by Gasteiger charge is 2.16. The molecule has 0 bridgehead atoms. The molecule has 1 saturated heterocycles. The van der Waals surface area contributed by atoms with E-state index in [0.717, 1.165) is 25.9 Å². The van der Waals surface area contributed by atoms with Crippen molar-refractivity contribution < 1.29 is 14.3 Å². The lowest BCUT2D eigenvalue weighted by molar-refractivity contribution is -0.144. The van der Waals surface area contributed by atoms with Gasteiger partial charge in [-0.15, -0.1) is 0 Å². The molecule has 1 amide bonds. The maximum absolute atomic E-state index is 11.7. The second-order valence-electron chi connectivity index (χ2n) is 3.92. The number of nitrogens with zero attached hydrogens (tertiary/aromatic N) is 1. The van der Waals surface area contributed by atoms with Crippen molar-refractivity contribution in [2.24, 2.45) is 0 Å². The number of carbonyl (C=O) groups excluding carboxylic acids is 2. The summed E-state index contributed by atoms with van der Waals surface area (Å²) in [7, 11) is 0. The molecule has 0 atom stereocenters. The molecule has 0 aromatic heterocycles. The first kappa shape index (κ1) is 13.3. The maximum atomic E-state index is 11.7. The summed E-state index contributed by atoms with van der Waals surface area (Å²) in [4.78, 5) is 24.6. The van der Waals surface area contributed by atoms with Crippen LogP contribution in [0.4, 0.5) is 0 Å². The average molecular weight is 248 g/mol. The fourth-order valence-corrected chi connectivity index (χ4v) is 1.94. The first-order valence-electron chi connectivity index (χ1n) is 5.73. The summed E-state index contributed by atoms with van der Waals surface area (Å²) in [6, 6.07) is -0.142. The van der Waals surface area contributed by atoms with Crippen LogP contribution in [0.5, 0.6) is 0 Å². The summed E-state index contributed by atoms with van der Waals surface area (Å²) in [5.41, 5.74) is 0. The summed E-state index contributed by atoms with van der Waals surface area (Å²) < 4.78 is 4.56. The molecule has 1 rings (SSSR count). The Balaban J connectivity index is 2.25. The second kappa shape index (κ2) is 7.49. The summed E-state index contributed by atoms with van der Waals surface area (Å²) in [6.45, 7) is 1.65. The SMILES string of the molecule is O=C(CCC(=O)N1CCCCCC1)OCCl. The molecule has 0 aromatic rings. The van der Waals surface area contributed by atoms with Gasteiger partial charge in [-0.25, -0.2) is 0 Å². The zero-order chi connectivity index (χ0) is 11.8. The molecular formula is C11H18ClNO3. The van der Waals surface area contributed by atoms with E-state index in [4.69, 9.17) is 11.6 Å². The van der Waals surface area contributed by atoms with E-state index in [0.29, 0.717) is 0 Å². The molecule has 0 spiro atoms. The first-order valence-corrected chi connectivity index (χ1v) is 6.27. The number of hydrogen-bond acceptors (Lipinski definition) is 3. The van der Waals surface area contributed by atoms with Crippen molar-refractivity contribution in [3.63, 3.8) is 0 Å². The molecule has 0 unspecified atom stereocenters. The van der Waals surface area contributed by atoms with E-state index in [-0.39, 0.29) is 24.8 Å². The van der Waals surface area contributed by atoms with Crippen LogP contribution >= 0.6 is 11.6 Å². The molecule has 1 aliphatic rings. The summed E-state index contributed by atoms with van der Waals surface area (Å²) >= 11 is 5.24. The van der Waals surface area contributed by atoms with Crippen LogP contribution in [-0.2, 0) is 14.3 Å². The van der Waals surface area contributed by atoms with Crippen molar-refractivity contribution >= 4 is 23.5 Å². The number of likely N-dealkylation sites (tertiary alicyclic amines) is 1. The normalized spacial score (nSPS) is 16.7. The Bertz CT molecular complexity index is 237. The highest BCUT2D eigenvalue weighted by molar-refractivity contribution is 6.17. The third-order valence-electron chi connectivity index (χ3n) is 2.72. The lowest BCUT2D eigenvalue weighted by Crippen LogP contribution is -2.32. The Morgan fingerprint density at radius 3 is 2.25 bits per heavy atom. The third-order valence-corrected chi connectivity index (χ3v) is 2.83. The predicted molar refractivity (Wildman–Crippen MR) is 61.1 cm³/mol. The quantitative estimate of drug-likeness (QED) is 0.563. The molecule has 0 aliphatic carbocycles. The van der Waals surface area contributed by atoms with Crippen LogP contribution in [0.15, 0.2) is 0 Å². The number of halogens is 1. The molecule has 0 saturated carbocycles. The highest BCUT2D eigenvalue weighted by atomic mass is 35.5. The minimum absolute atomic E-state index is 0.0495. The molecule has 0 aromatic carbocycles. The van der Waals surface area contributed by atoms with Crippen molar-refractivity contribution in [3.05, 3.63) is 0 Å². The van der Waals surface area contributed by atoms with Crippen LogP contribution in [-0.4, -0.2) is 35.9 Å². The molecular weight excluding hydrogens is 230 g/mol. The van der Waals surface area contributed by atoms with E-state index in [1.54, 1.807) is 0 Å². The van der Waals surface area contributed by atoms with Crippen LogP contribution in [0.3, 0.4) is 0 Å². The zero-order valence-corrected chi connectivity index (χ0v) is 10.2. The Kier molecular flexibility index (Phi) is 6.23. The van der Waals surface area contributed by atoms with E-state index in [1.165, 1.54) is 12.8 Å². The van der Waals surface area contributed by atoms with Gasteiger partial charge < -0.3 is 9.64 Å². The van der Waals surface area contributed by atoms with Gasteiger partial charge in [0.25, 0.3) is 0 Å². The largest absolute Gasteiger partial charge is 0.449 e. The summed E-state index contributed by atoms with van der Waals surface area (Å²) in [5, 5.41) is 0. The number of esters is 1. The number of rotatable bonds is 4. The van der Waals surface area contributed by atoms with Crippen molar-refractivity contribution in [2.45, 2.75) is 38.5 Å². The van der Waals surface area contributed by atoms with Gasteiger partial charge >= 0.3 is 5.97 Å². The van der Waals surface area contributed by atoms with Gasteiger partial charge in [0.1, 0.15) is 0 Å². The van der Waals surface area contributed by atoms with Crippen molar-refractivity contribution in [2.75, 3.05) is 19.2 Å². The molecule has 0 radical (unpaired) electrons. The smallest absolute Gasteiger partial charge is 0.307 e. The van der Waals surface area contributed by atoms with Crippen LogP contribution in [0.25, 0.3) is 0 Å². The number of alkyl halides is 1. The Morgan fingerprint density at radius 1 is 1.06 bits per heavy atom. The Morgan fingerprint density at radius 2 is 1.69 bits per heavy atom. The van der Waals surface area contributed by atoms with Gasteiger partial charge in [0.05, 0.1) is 6.42 Å². The minimum Gasteiger partial charge on any atom is -0.449 e. The van der Waals surface area contributed by atoms with E-state index in [1.807, 2.05) is 4.90 Å². The average Bonchev–Trinajstić information content (AvgIpc) is 2.55. The van der Waals surface area contributed by atoms with Crippen LogP contribution in [0.2, 0.25) is 0 Å². The summed E-state index contributed by atoms with van der Waals surface area (Å²) in [6.07, 6.45) is 4.88. The number of ether oxygens (including phenoxy) is 1. The van der Waals surface area contributed by atoms with Gasteiger partial charge in [0.2, 0.25) is 5.91 Å². The Labute approximate surface area is 101 Å². The molecule has 5 heteroatoms. The van der Waals surface area contributed by atoms with Crippen LogP contribution < -0.4 is 0 Å². The number of hydrogen-bond donors (Lipinski definition) is 0. The Hall–Kier alpha value is -0.770. The van der Waals surface area contributed by atoms with E-state index >= 15 is 0 Å². The predicted octanol–water partition coefficient (Wildman–Crippen LogP) is 1.91. The molecule has 1 fully saturated rings. The molecule has 1 heterocycles. The lowest BCUT2D eigenvalue weighted by Gasteiger charge is -2.19. The fraction of sp³-hybridized carbons (Fsp3) is 0.818. The molecule has 0 N–H and O–H groups in total. The minimum atomic E-state index is -0.404. The van der Waals surface area contributed by atoms with E-state index < -0.39 is 5.97 Å². The van der Waals surface area contributed by atoms with Crippen LogP contribution in [0, 0.1) is 0 Å². The zero-order valence-electron chi connectivity index (χ0n) is 9.41. The van der Waals surface area contributed by atoms with Gasteiger partial charge in [0.15, 0.2) is 6.07 Å². The number of carbonyl (C=O) groups is 2. The molecule has 4 nitrogen and oxygen atoms in total. The van der Waals surface area contributed by atoms with E-state index in [9.17, 15) is 9.59 Å². The lowest BCUT2D eigenvalue weighted by atomic mass is 10.2. The first-order chi connectivity index (χ1) is 7.74. The molecule has 16 heavy (non-hydrogen) atoms. The standard InChI is InChI=1S/C11H18ClNO3/c12-9-16-11(15)6-5-10(14)13-7-3-1-2-4-8-13/h1-9H2. The van der Waals surface area contributed by atoms with E-state index in [2.05, 4.69) is 4.74 Å². The summed E-state index contributed by atoms with van der Waals surface area (Å²) in [5.74, 6) is -0.355.